The molecule has 1 aromatic carbocycles. The highest BCUT2D eigenvalue weighted by atomic mass is 19.4. The maximum absolute atomic E-state index is 13.0. The van der Waals surface area contributed by atoms with Gasteiger partial charge in [-0.15, -0.1) is 0 Å². The lowest BCUT2D eigenvalue weighted by molar-refractivity contribution is -0.137. The first-order valence-corrected chi connectivity index (χ1v) is 9.77. The van der Waals surface area contributed by atoms with Crippen LogP contribution in [0.4, 0.5) is 13.2 Å². The number of alkyl halides is 3. The summed E-state index contributed by atoms with van der Waals surface area (Å²) in [5.74, 6) is -0.249. The number of rotatable bonds is 5. The molecule has 2 unspecified atom stereocenters. The van der Waals surface area contributed by atoms with Crippen LogP contribution in [0.1, 0.15) is 65.9 Å². The van der Waals surface area contributed by atoms with E-state index in [0.29, 0.717) is 30.4 Å². The van der Waals surface area contributed by atoms with Gasteiger partial charge < -0.3 is 15.4 Å². The Bertz CT molecular complexity index is 699. The van der Waals surface area contributed by atoms with Crippen molar-refractivity contribution in [2.24, 2.45) is 0 Å². The molecule has 2 saturated carbocycles. The first kappa shape index (κ1) is 18.7. The van der Waals surface area contributed by atoms with Crippen LogP contribution in [0.5, 0.6) is 0 Å². The highest BCUT2D eigenvalue weighted by Gasteiger charge is 2.36. The molecule has 2 N–H and O–H groups in total. The molecule has 1 heterocycles. The number of carbonyl (C=O) groups is 1. The molecule has 0 bridgehead atoms. The maximum atomic E-state index is 13.0. The highest BCUT2D eigenvalue weighted by Crippen LogP contribution is 2.43. The number of nitrogens with one attached hydrogen (secondary N) is 2. The Kier molecular flexibility index (Phi) is 5.16. The molecule has 2 aliphatic carbocycles. The van der Waals surface area contributed by atoms with Crippen LogP contribution in [0.25, 0.3) is 0 Å². The van der Waals surface area contributed by atoms with Crippen LogP contribution in [0.3, 0.4) is 0 Å². The quantitative estimate of drug-likeness (QED) is 0.818. The Morgan fingerprint density at radius 3 is 2.48 bits per heavy atom. The Balaban J connectivity index is 1.49. The summed E-state index contributed by atoms with van der Waals surface area (Å²) in [5, 5.41) is 6.61. The molecule has 3 fully saturated rings. The Morgan fingerprint density at radius 2 is 1.85 bits per heavy atom. The van der Waals surface area contributed by atoms with Crippen LogP contribution >= 0.6 is 0 Å². The fourth-order valence-corrected chi connectivity index (χ4v) is 3.88. The van der Waals surface area contributed by atoms with E-state index in [0.717, 1.165) is 44.2 Å². The van der Waals surface area contributed by atoms with Crippen LogP contribution in [0.15, 0.2) is 18.2 Å². The Hall–Kier alpha value is -1.60. The number of halogens is 3. The predicted octanol–water partition coefficient (Wildman–Crippen LogP) is 3.61. The summed E-state index contributed by atoms with van der Waals surface area (Å²) in [4.78, 5) is 12.9. The van der Waals surface area contributed by atoms with E-state index >= 15 is 0 Å². The van der Waals surface area contributed by atoms with E-state index in [1.807, 2.05) is 0 Å². The minimum Gasteiger partial charge on any atom is -0.379 e. The molecule has 148 valence electrons. The summed E-state index contributed by atoms with van der Waals surface area (Å²) in [6.45, 7) is 1.08. The molecule has 1 aliphatic heterocycles. The van der Waals surface area contributed by atoms with Crippen molar-refractivity contribution in [2.75, 3.05) is 13.2 Å². The highest BCUT2D eigenvalue weighted by molar-refractivity contribution is 5.96. The van der Waals surface area contributed by atoms with Gasteiger partial charge in [-0.3, -0.25) is 4.79 Å². The van der Waals surface area contributed by atoms with Gasteiger partial charge in [-0.25, -0.2) is 0 Å². The van der Waals surface area contributed by atoms with Crippen molar-refractivity contribution in [3.8, 4) is 0 Å². The van der Waals surface area contributed by atoms with Crippen LogP contribution in [0, 0.1) is 0 Å². The number of carbonyl (C=O) groups excluding carboxylic acids is 1. The largest absolute Gasteiger partial charge is 0.416 e. The van der Waals surface area contributed by atoms with Crippen LogP contribution < -0.4 is 10.6 Å². The Labute approximate surface area is 156 Å². The summed E-state index contributed by atoms with van der Waals surface area (Å²) >= 11 is 0. The number of ether oxygens (including phenoxy) is 1. The van der Waals surface area contributed by atoms with Crippen molar-refractivity contribution in [1.29, 1.82) is 0 Å². The fraction of sp³-hybridized carbons (Fsp3) is 0.650. The molecular weight excluding hydrogens is 357 g/mol. The number of amides is 1. The van der Waals surface area contributed by atoms with Gasteiger partial charge in [0.1, 0.15) is 0 Å². The van der Waals surface area contributed by atoms with Crippen molar-refractivity contribution in [2.45, 2.75) is 68.7 Å². The van der Waals surface area contributed by atoms with Gasteiger partial charge in [-0.1, -0.05) is 6.42 Å². The second-order valence-electron chi connectivity index (χ2n) is 7.92. The van der Waals surface area contributed by atoms with Gasteiger partial charge in [0.2, 0.25) is 0 Å². The molecule has 3 aliphatic rings. The van der Waals surface area contributed by atoms with Crippen LogP contribution in [-0.2, 0) is 10.9 Å². The summed E-state index contributed by atoms with van der Waals surface area (Å²) in [7, 11) is 0. The van der Waals surface area contributed by atoms with Crippen molar-refractivity contribution < 1.29 is 22.7 Å². The molecule has 0 radical (unpaired) electrons. The molecule has 0 aromatic heterocycles. The van der Waals surface area contributed by atoms with E-state index < -0.39 is 11.7 Å². The molecule has 7 heteroatoms. The summed E-state index contributed by atoms with van der Waals surface area (Å²) in [5.41, 5.74) is 0.187. The fourth-order valence-electron chi connectivity index (χ4n) is 3.88. The van der Waals surface area contributed by atoms with E-state index in [1.54, 1.807) is 0 Å². The molecule has 1 saturated heterocycles. The lowest BCUT2D eigenvalue weighted by Crippen LogP contribution is -2.58. The van der Waals surface area contributed by atoms with Crippen molar-refractivity contribution in [1.82, 2.24) is 10.6 Å². The molecule has 4 rings (SSSR count). The average molecular weight is 382 g/mol. The second kappa shape index (κ2) is 7.43. The van der Waals surface area contributed by atoms with Crippen molar-refractivity contribution >= 4 is 5.91 Å². The summed E-state index contributed by atoms with van der Waals surface area (Å²) in [6, 6.07) is 3.95. The summed E-state index contributed by atoms with van der Waals surface area (Å²) in [6.07, 6.45) is 1.64. The van der Waals surface area contributed by atoms with Gasteiger partial charge in [-0.2, -0.15) is 13.2 Å². The minimum absolute atomic E-state index is 0.0551. The molecule has 27 heavy (non-hydrogen) atoms. The first-order valence-electron chi connectivity index (χ1n) is 9.77. The van der Waals surface area contributed by atoms with Gasteiger partial charge in [0, 0.05) is 24.3 Å². The van der Waals surface area contributed by atoms with E-state index in [2.05, 4.69) is 10.6 Å². The zero-order chi connectivity index (χ0) is 19.0. The zero-order valence-corrected chi connectivity index (χ0v) is 15.1. The number of hydrogen-bond acceptors (Lipinski definition) is 3. The smallest absolute Gasteiger partial charge is 0.379 e. The molecule has 0 spiro atoms. The van der Waals surface area contributed by atoms with Crippen LogP contribution in [-0.4, -0.2) is 37.2 Å². The monoisotopic (exact) mass is 382 g/mol. The minimum atomic E-state index is -4.40. The van der Waals surface area contributed by atoms with Crippen LogP contribution in [0.2, 0.25) is 0 Å². The van der Waals surface area contributed by atoms with Gasteiger partial charge in [-0.05, 0) is 61.8 Å². The van der Waals surface area contributed by atoms with Crippen molar-refractivity contribution in [3.63, 3.8) is 0 Å². The lowest BCUT2D eigenvalue weighted by atomic mass is 9.90. The molecule has 1 amide bonds. The van der Waals surface area contributed by atoms with Gasteiger partial charge >= 0.3 is 6.18 Å². The average Bonchev–Trinajstić information content (AvgIpc) is 3.43. The van der Waals surface area contributed by atoms with Gasteiger partial charge in [0.25, 0.3) is 5.91 Å². The second-order valence-corrected chi connectivity index (χ2v) is 7.92. The Morgan fingerprint density at radius 1 is 1.07 bits per heavy atom. The maximum Gasteiger partial charge on any atom is 0.416 e. The molecule has 1 aromatic rings. The predicted molar refractivity (Wildman–Crippen MR) is 94.7 cm³/mol. The third-order valence-electron chi connectivity index (χ3n) is 5.87. The van der Waals surface area contributed by atoms with Crippen molar-refractivity contribution in [3.05, 3.63) is 34.9 Å². The number of benzene rings is 1. The van der Waals surface area contributed by atoms with Gasteiger partial charge in [0.15, 0.2) is 0 Å². The third kappa shape index (κ3) is 4.29. The standard InChI is InChI=1S/C20H25F3N2O2/c21-20(22,23)13-6-7-15(16(10-13)12-4-5-12)19(26)25-18-11-27-9-8-17(18)24-14-2-1-3-14/h6-7,10,12,14,17-18,24H,1-5,8-9,11H2,(H,25,26). The number of hydrogen-bond donors (Lipinski definition) is 2. The lowest BCUT2D eigenvalue weighted by Gasteiger charge is -2.38. The zero-order valence-electron chi connectivity index (χ0n) is 15.1. The van der Waals surface area contributed by atoms with E-state index in [-0.39, 0.29) is 23.9 Å². The first-order chi connectivity index (χ1) is 12.9. The molecule has 4 nitrogen and oxygen atoms in total. The van der Waals surface area contributed by atoms with Gasteiger partial charge in [0.05, 0.1) is 18.2 Å². The summed E-state index contributed by atoms with van der Waals surface area (Å²) < 4.78 is 44.7. The van der Waals surface area contributed by atoms with E-state index in [9.17, 15) is 18.0 Å². The molecule has 2 atom stereocenters. The SMILES string of the molecule is O=C(NC1COCCC1NC1CCC1)c1ccc(C(F)(F)F)cc1C1CC1. The molecular formula is C20H25F3N2O2. The topological polar surface area (TPSA) is 50.4 Å². The van der Waals surface area contributed by atoms with E-state index in [1.165, 1.54) is 12.5 Å². The third-order valence-corrected chi connectivity index (χ3v) is 5.87. The normalized spacial score (nSPS) is 26.5. The van der Waals surface area contributed by atoms with E-state index in [4.69, 9.17) is 4.74 Å².